The summed E-state index contributed by atoms with van der Waals surface area (Å²) in [5, 5.41) is 15.4. The fourth-order valence-corrected chi connectivity index (χ4v) is 1.75. The average Bonchev–Trinajstić information content (AvgIpc) is 2.43. The molecule has 0 aliphatic heterocycles. The maximum Gasteiger partial charge on any atom is 0.336 e. The average molecular weight is 287 g/mol. The van der Waals surface area contributed by atoms with Gasteiger partial charge in [0.15, 0.2) is 0 Å². The molecule has 2 aromatic rings. The second-order valence-electron chi connectivity index (χ2n) is 4.47. The molecule has 0 fully saturated rings. The Balaban J connectivity index is 2.27. The number of hydrogen-bond acceptors (Lipinski definition) is 4. The van der Waals surface area contributed by atoms with Gasteiger partial charge in [0.25, 0.3) is 11.5 Å². The van der Waals surface area contributed by atoms with E-state index in [4.69, 9.17) is 5.11 Å². The summed E-state index contributed by atoms with van der Waals surface area (Å²) in [6, 6.07) is 7.12. The number of carbonyl (C=O) groups excluding carboxylic acids is 1. The molecule has 0 atom stereocenters. The van der Waals surface area contributed by atoms with Crippen LogP contribution < -0.4 is 10.9 Å². The number of rotatable bonds is 3. The normalized spacial score (nSPS) is 10.2. The predicted octanol–water partition coefficient (Wildman–Crippen LogP) is 1.04. The molecule has 0 aliphatic carbocycles. The number of anilines is 1. The fraction of sp³-hybridized carbons (Fsp3) is 0.143. The van der Waals surface area contributed by atoms with Gasteiger partial charge in [-0.15, -0.1) is 0 Å². The summed E-state index contributed by atoms with van der Waals surface area (Å²) in [7, 11) is 1.44. The van der Waals surface area contributed by atoms with Crippen LogP contribution in [0.4, 0.5) is 5.69 Å². The van der Waals surface area contributed by atoms with Crippen LogP contribution in [-0.4, -0.2) is 26.8 Å². The molecule has 0 unspecified atom stereocenters. The van der Waals surface area contributed by atoms with E-state index in [9.17, 15) is 14.4 Å². The van der Waals surface area contributed by atoms with Crippen molar-refractivity contribution in [3.8, 4) is 0 Å². The highest BCUT2D eigenvalue weighted by Crippen LogP contribution is 2.16. The third-order valence-electron chi connectivity index (χ3n) is 2.92. The summed E-state index contributed by atoms with van der Waals surface area (Å²) < 4.78 is 1.05. The first-order chi connectivity index (χ1) is 9.88. The molecule has 108 valence electrons. The summed E-state index contributed by atoms with van der Waals surface area (Å²) in [6.07, 6.45) is 0. The zero-order chi connectivity index (χ0) is 15.6. The maximum absolute atomic E-state index is 12.0. The molecule has 1 heterocycles. The standard InChI is InChI=1S/C14H13N3O4/c1-8-3-4-9(7-10(8)14(20)21)15-13(19)11-5-6-12(18)17(2)16-11/h3-7H,1-2H3,(H,15,19)(H,20,21). The van der Waals surface area contributed by atoms with Gasteiger partial charge in [0, 0.05) is 18.8 Å². The van der Waals surface area contributed by atoms with Gasteiger partial charge in [0.2, 0.25) is 0 Å². The van der Waals surface area contributed by atoms with E-state index in [1.54, 1.807) is 19.1 Å². The summed E-state index contributed by atoms with van der Waals surface area (Å²) in [5.41, 5.74) is 0.796. The quantitative estimate of drug-likeness (QED) is 0.878. The van der Waals surface area contributed by atoms with Gasteiger partial charge < -0.3 is 10.4 Å². The summed E-state index contributed by atoms with van der Waals surface area (Å²) in [5.74, 6) is -1.59. The van der Waals surface area contributed by atoms with Crippen molar-refractivity contribution in [3.05, 3.63) is 57.5 Å². The van der Waals surface area contributed by atoms with E-state index < -0.39 is 11.9 Å². The third kappa shape index (κ3) is 3.14. The van der Waals surface area contributed by atoms with E-state index in [0.29, 0.717) is 11.3 Å². The number of nitrogens with one attached hydrogen (secondary N) is 1. The first-order valence-electron chi connectivity index (χ1n) is 6.08. The van der Waals surface area contributed by atoms with Gasteiger partial charge in [0.05, 0.1) is 5.56 Å². The molecular formula is C14H13N3O4. The SMILES string of the molecule is Cc1ccc(NC(=O)c2ccc(=O)n(C)n2)cc1C(=O)O. The fourth-order valence-electron chi connectivity index (χ4n) is 1.75. The molecule has 21 heavy (non-hydrogen) atoms. The molecule has 0 radical (unpaired) electrons. The maximum atomic E-state index is 12.0. The van der Waals surface area contributed by atoms with E-state index in [2.05, 4.69) is 10.4 Å². The van der Waals surface area contributed by atoms with E-state index in [1.165, 1.54) is 25.2 Å². The van der Waals surface area contributed by atoms with Gasteiger partial charge in [-0.3, -0.25) is 9.59 Å². The molecule has 0 saturated heterocycles. The van der Waals surface area contributed by atoms with Gasteiger partial charge in [-0.05, 0) is 30.7 Å². The number of aryl methyl sites for hydroxylation is 2. The Morgan fingerprint density at radius 2 is 1.95 bits per heavy atom. The Bertz CT molecular complexity index is 780. The topological polar surface area (TPSA) is 101 Å². The Hall–Kier alpha value is -2.96. The number of aromatic carboxylic acids is 1. The van der Waals surface area contributed by atoms with Crippen molar-refractivity contribution in [2.75, 3.05) is 5.32 Å². The molecule has 0 saturated carbocycles. The Kier molecular flexibility index (Phi) is 3.84. The molecular weight excluding hydrogens is 274 g/mol. The smallest absolute Gasteiger partial charge is 0.336 e. The number of amides is 1. The van der Waals surface area contributed by atoms with Gasteiger partial charge in [0.1, 0.15) is 5.69 Å². The van der Waals surface area contributed by atoms with Gasteiger partial charge >= 0.3 is 5.97 Å². The van der Waals surface area contributed by atoms with Crippen LogP contribution in [0.2, 0.25) is 0 Å². The third-order valence-corrected chi connectivity index (χ3v) is 2.92. The van der Waals surface area contributed by atoms with Gasteiger partial charge in [-0.1, -0.05) is 6.07 Å². The minimum atomic E-state index is -1.07. The zero-order valence-corrected chi connectivity index (χ0v) is 11.5. The van der Waals surface area contributed by atoms with Crippen molar-refractivity contribution < 1.29 is 14.7 Å². The van der Waals surface area contributed by atoms with Crippen LogP contribution in [0.5, 0.6) is 0 Å². The van der Waals surface area contributed by atoms with Crippen LogP contribution >= 0.6 is 0 Å². The number of carboxylic acid groups (broad SMARTS) is 1. The van der Waals surface area contributed by atoms with Crippen molar-refractivity contribution in [1.29, 1.82) is 0 Å². The molecule has 2 N–H and O–H groups in total. The summed E-state index contributed by atoms with van der Waals surface area (Å²) in [6.45, 7) is 1.67. The van der Waals surface area contributed by atoms with Crippen molar-refractivity contribution in [2.45, 2.75) is 6.92 Å². The first-order valence-corrected chi connectivity index (χ1v) is 6.08. The van der Waals surface area contributed by atoms with Crippen molar-refractivity contribution in [2.24, 2.45) is 7.05 Å². The van der Waals surface area contributed by atoms with Crippen molar-refractivity contribution in [3.63, 3.8) is 0 Å². The number of carboxylic acids is 1. The molecule has 2 rings (SSSR count). The van der Waals surface area contributed by atoms with Crippen LogP contribution in [0, 0.1) is 6.92 Å². The largest absolute Gasteiger partial charge is 0.478 e. The lowest BCUT2D eigenvalue weighted by molar-refractivity contribution is 0.0695. The number of hydrogen-bond donors (Lipinski definition) is 2. The second kappa shape index (κ2) is 5.58. The van der Waals surface area contributed by atoms with Crippen LogP contribution in [0.15, 0.2) is 35.1 Å². The lowest BCUT2D eigenvalue weighted by Gasteiger charge is -2.08. The molecule has 7 heteroatoms. The molecule has 0 bridgehead atoms. The lowest BCUT2D eigenvalue weighted by Crippen LogP contribution is -2.23. The highest BCUT2D eigenvalue weighted by molar-refractivity contribution is 6.03. The van der Waals surface area contributed by atoms with E-state index >= 15 is 0 Å². The van der Waals surface area contributed by atoms with Crippen LogP contribution in [-0.2, 0) is 7.05 Å². The van der Waals surface area contributed by atoms with E-state index in [-0.39, 0.29) is 16.8 Å². The van der Waals surface area contributed by atoms with Crippen molar-refractivity contribution in [1.82, 2.24) is 9.78 Å². The predicted molar refractivity (Wildman–Crippen MR) is 75.6 cm³/mol. The summed E-state index contributed by atoms with van der Waals surface area (Å²) in [4.78, 5) is 34.3. The number of nitrogens with zero attached hydrogens (tertiary/aromatic N) is 2. The minimum Gasteiger partial charge on any atom is -0.478 e. The molecule has 0 spiro atoms. The van der Waals surface area contributed by atoms with Crippen LogP contribution in [0.25, 0.3) is 0 Å². The molecule has 1 amide bonds. The lowest BCUT2D eigenvalue weighted by atomic mass is 10.1. The molecule has 7 nitrogen and oxygen atoms in total. The second-order valence-corrected chi connectivity index (χ2v) is 4.47. The van der Waals surface area contributed by atoms with Gasteiger partial charge in [-0.2, -0.15) is 5.10 Å². The number of carbonyl (C=O) groups is 2. The minimum absolute atomic E-state index is 0.0644. The van der Waals surface area contributed by atoms with Crippen LogP contribution in [0.1, 0.15) is 26.4 Å². The number of aromatic nitrogens is 2. The monoisotopic (exact) mass is 287 g/mol. The summed E-state index contributed by atoms with van der Waals surface area (Å²) >= 11 is 0. The van der Waals surface area contributed by atoms with Crippen molar-refractivity contribution >= 4 is 17.6 Å². The molecule has 0 aliphatic rings. The highest BCUT2D eigenvalue weighted by atomic mass is 16.4. The number of benzene rings is 1. The first kappa shape index (κ1) is 14.4. The van der Waals surface area contributed by atoms with E-state index in [1.807, 2.05) is 0 Å². The van der Waals surface area contributed by atoms with Crippen LogP contribution in [0.3, 0.4) is 0 Å². The molecule has 1 aromatic carbocycles. The Morgan fingerprint density at radius 3 is 2.57 bits per heavy atom. The Morgan fingerprint density at radius 1 is 1.24 bits per heavy atom. The zero-order valence-electron chi connectivity index (χ0n) is 11.5. The Labute approximate surface area is 119 Å². The van der Waals surface area contributed by atoms with E-state index in [0.717, 1.165) is 4.68 Å². The van der Waals surface area contributed by atoms with Gasteiger partial charge in [-0.25, -0.2) is 9.48 Å². The molecule has 1 aromatic heterocycles. The highest BCUT2D eigenvalue weighted by Gasteiger charge is 2.12.